The number of carbonyl (C=O) groups is 1. The van der Waals surface area contributed by atoms with Gasteiger partial charge in [0.15, 0.2) is 5.78 Å². The van der Waals surface area contributed by atoms with E-state index in [-0.39, 0.29) is 5.78 Å². The molecule has 3 heteroatoms. The molecule has 2 nitrogen and oxygen atoms in total. The molecule has 0 fully saturated rings. The monoisotopic (exact) mass is 280 g/mol. The Bertz CT molecular complexity index is 449. The first-order valence-corrected chi connectivity index (χ1v) is 6.10. The van der Waals surface area contributed by atoms with E-state index in [1.54, 1.807) is 6.26 Å². The number of benzene rings is 1. The van der Waals surface area contributed by atoms with E-state index in [2.05, 4.69) is 15.9 Å². The van der Waals surface area contributed by atoms with Crippen LogP contribution in [0.3, 0.4) is 0 Å². The van der Waals surface area contributed by atoms with Crippen molar-refractivity contribution in [2.24, 2.45) is 0 Å². The number of allylic oxidation sites excluding steroid dienone is 1. The second-order valence-electron chi connectivity index (χ2n) is 3.88. The molecule has 1 aromatic carbocycles. The number of carbonyl (C=O) groups excluding carboxylic acids is 1. The molecule has 16 heavy (non-hydrogen) atoms. The Morgan fingerprint density at radius 2 is 2.25 bits per heavy atom. The van der Waals surface area contributed by atoms with Crippen molar-refractivity contribution in [2.75, 3.05) is 6.61 Å². The van der Waals surface area contributed by atoms with Crippen molar-refractivity contribution in [3.63, 3.8) is 0 Å². The lowest BCUT2D eigenvalue weighted by Gasteiger charge is -2.13. The number of rotatable bonds is 2. The van der Waals surface area contributed by atoms with E-state index in [0.717, 1.165) is 34.0 Å². The maximum atomic E-state index is 12.2. The molecule has 2 rings (SSSR count). The molecule has 0 aromatic heterocycles. The molecule has 1 aliphatic heterocycles. The van der Waals surface area contributed by atoms with E-state index >= 15 is 0 Å². The molecule has 0 spiro atoms. The van der Waals surface area contributed by atoms with Crippen molar-refractivity contribution >= 4 is 21.7 Å². The van der Waals surface area contributed by atoms with E-state index in [1.807, 2.05) is 25.1 Å². The summed E-state index contributed by atoms with van der Waals surface area (Å²) < 4.78 is 6.08. The lowest BCUT2D eigenvalue weighted by Crippen LogP contribution is -2.10. The lowest BCUT2D eigenvalue weighted by molar-refractivity contribution is 0.101. The molecule has 1 aromatic rings. The highest BCUT2D eigenvalue weighted by molar-refractivity contribution is 9.10. The van der Waals surface area contributed by atoms with Crippen LogP contribution >= 0.6 is 15.9 Å². The molecule has 1 aliphatic rings. The Balaban J connectivity index is 2.33. The van der Waals surface area contributed by atoms with Crippen LogP contribution < -0.4 is 0 Å². The molecule has 0 radical (unpaired) electrons. The van der Waals surface area contributed by atoms with Gasteiger partial charge in [0.25, 0.3) is 0 Å². The summed E-state index contributed by atoms with van der Waals surface area (Å²) in [6, 6.07) is 5.72. The van der Waals surface area contributed by atoms with Gasteiger partial charge in [0.1, 0.15) is 0 Å². The summed E-state index contributed by atoms with van der Waals surface area (Å²) in [5.41, 5.74) is 2.55. The third-order valence-corrected chi connectivity index (χ3v) is 3.71. The van der Waals surface area contributed by atoms with E-state index in [1.165, 1.54) is 0 Å². The van der Waals surface area contributed by atoms with Crippen LogP contribution in [-0.4, -0.2) is 12.4 Å². The Hall–Kier alpha value is -1.09. The predicted molar refractivity (Wildman–Crippen MR) is 66.5 cm³/mol. The summed E-state index contributed by atoms with van der Waals surface area (Å²) >= 11 is 3.46. The van der Waals surface area contributed by atoms with Gasteiger partial charge in [-0.05, 0) is 47.3 Å². The van der Waals surface area contributed by atoms with E-state index in [4.69, 9.17) is 4.74 Å². The predicted octanol–water partition coefficient (Wildman–Crippen LogP) is 3.63. The lowest BCUT2D eigenvalue weighted by atomic mass is 9.98. The largest absolute Gasteiger partial charge is 0.501 e. The molecule has 1 heterocycles. The highest BCUT2D eigenvalue weighted by Gasteiger charge is 2.18. The van der Waals surface area contributed by atoms with Crippen molar-refractivity contribution in [2.45, 2.75) is 19.8 Å². The Kier molecular flexibility index (Phi) is 3.44. The van der Waals surface area contributed by atoms with Crippen molar-refractivity contribution in [1.29, 1.82) is 0 Å². The van der Waals surface area contributed by atoms with E-state index in [9.17, 15) is 4.79 Å². The number of Topliss-reactive ketones (excluding diaryl/α,β-unsaturated/α-hetero) is 1. The number of ketones is 1. The van der Waals surface area contributed by atoms with Gasteiger partial charge in [-0.2, -0.15) is 0 Å². The molecule has 0 aliphatic carbocycles. The SMILES string of the molecule is Cc1cccc(C(=O)C2=COCCC2)c1Br. The smallest absolute Gasteiger partial charge is 0.193 e. The molecule has 0 N–H and O–H groups in total. The first-order valence-electron chi connectivity index (χ1n) is 5.30. The zero-order chi connectivity index (χ0) is 11.5. The van der Waals surface area contributed by atoms with Gasteiger partial charge in [0.05, 0.1) is 12.9 Å². The maximum absolute atomic E-state index is 12.2. The van der Waals surface area contributed by atoms with Crippen molar-refractivity contribution in [1.82, 2.24) is 0 Å². The van der Waals surface area contributed by atoms with Gasteiger partial charge in [-0.15, -0.1) is 0 Å². The maximum Gasteiger partial charge on any atom is 0.193 e. The summed E-state index contributed by atoms with van der Waals surface area (Å²) in [6.07, 6.45) is 3.32. The zero-order valence-corrected chi connectivity index (χ0v) is 10.7. The fourth-order valence-electron chi connectivity index (χ4n) is 1.73. The molecule has 0 atom stereocenters. The summed E-state index contributed by atoms with van der Waals surface area (Å²) in [4.78, 5) is 12.2. The van der Waals surface area contributed by atoms with Gasteiger partial charge in [-0.1, -0.05) is 12.1 Å². The number of hydrogen-bond donors (Lipinski definition) is 0. The fourth-order valence-corrected chi connectivity index (χ4v) is 2.17. The van der Waals surface area contributed by atoms with Crippen LogP contribution in [0.1, 0.15) is 28.8 Å². The van der Waals surface area contributed by atoms with Gasteiger partial charge < -0.3 is 4.74 Å². The van der Waals surface area contributed by atoms with Gasteiger partial charge >= 0.3 is 0 Å². The van der Waals surface area contributed by atoms with E-state index < -0.39 is 0 Å². The molecular formula is C13H13BrO2. The van der Waals surface area contributed by atoms with Crippen molar-refractivity contribution < 1.29 is 9.53 Å². The van der Waals surface area contributed by atoms with Gasteiger partial charge in [0.2, 0.25) is 0 Å². The highest BCUT2D eigenvalue weighted by atomic mass is 79.9. The van der Waals surface area contributed by atoms with E-state index in [0.29, 0.717) is 6.61 Å². The minimum absolute atomic E-state index is 0.0651. The summed E-state index contributed by atoms with van der Waals surface area (Å²) in [7, 11) is 0. The van der Waals surface area contributed by atoms with Crippen LogP contribution in [-0.2, 0) is 4.74 Å². The van der Waals surface area contributed by atoms with Crippen LogP contribution in [0.2, 0.25) is 0 Å². The van der Waals surface area contributed by atoms with Crippen LogP contribution in [0, 0.1) is 6.92 Å². The van der Waals surface area contributed by atoms with Gasteiger partial charge in [-0.25, -0.2) is 0 Å². The number of aryl methyl sites for hydroxylation is 1. The fraction of sp³-hybridized carbons (Fsp3) is 0.308. The average molecular weight is 281 g/mol. The Morgan fingerprint density at radius 3 is 2.94 bits per heavy atom. The van der Waals surface area contributed by atoms with Gasteiger partial charge in [-0.3, -0.25) is 4.79 Å². The molecule has 0 saturated heterocycles. The molecule has 0 amide bonds. The second-order valence-corrected chi connectivity index (χ2v) is 4.68. The Morgan fingerprint density at radius 1 is 1.44 bits per heavy atom. The standard InChI is InChI=1S/C13H13BrO2/c1-9-4-2-6-11(12(9)14)13(15)10-5-3-7-16-8-10/h2,4,6,8H,3,5,7H2,1H3. The minimum Gasteiger partial charge on any atom is -0.501 e. The summed E-state index contributed by atoms with van der Waals surface area (Å²) in [5.74, 6) is 0.0651. The molecule has 84 valence electrons. The third-order valence-electron chi connectivity index (χ3n) is 2.66. The van der Waals surface area contributed by atoms with Gasteiger partial charge in [0, 0.05) is 15.6 Å². The average Bonchev–Trinajstić information content (AvgIpc) is 2.33. The number of hydrogen-bond acceptors (Lipinski definition) is 2. The van der Waals surface area contributed by atoms with Crippen LogP contribution in [0.25, 0.3) is 0 Å². The van der Waals surface area contributed by atoms with Crippen LogP contribution in [0.4, 0.5) is 0 Å². The summed E-state index contributed by atoms with van der Waals surface area (Å²) in [5, 5.41) is 0. The molecule has 0 bridgehead atoms. The normalized spacial score (nSPS) is 15.2. The Labute approximate surface area is 103 Å². The van der Waals surface area contributed by atoms with Crippen LogP contribution in [0.5, 0.6) is 0 Å². The first kappa shape index (κ1) is 11.4. The number of ether oxygens (including phenoxy) is 1. The van der Waals surface area contributed by atoms with Crippen molar-refractivity contribution in [3.05, 3.63) is 45.6 Å². The summed E-state index contributed by atoms with van der Waals surface area (Å²) in [6.45, 7) is 2.69. The van der Waals surface area contributed by atoms with Crippen molar-refractivity contribution in [3.8, 4) is 0 Å². The highest BCUT2D eigenvalue weighted by Crippen LogP contribution is 2.25. The minimum atomic E-state index is 0.0651. The second kappa shape index (κ2) is 4.83. The van der Waals surface area contributed by atoms with Crippen LogP contribution in [0.15, 0.2) is 34.5 Å². The topological polar surface area (TPSA) is 26.3 Å². The third kappa shape index (κ3) is 2.19. The molecular weight excluding hydrogens is 268 g/mol. The number of halogens is 1. The molecule has 0 unspecified atom stereocenters. The zero-order valence-electron chi connectivity index (χ0n) is 9.13. The molecule has 0 saturated carbocycles. The quantitative estimate of drug-likeness (QED) is 0.774. The first-order chi connectivity index (χ1) is 7.70.